The maximum atomic E-state index is 15.8. The number of nitrogens with one attached hydrogen (secondary N) is 1. The van der Waals surface area contributed by atoms with Crippen LogP contribution in [0.25, 0.3) is 0 Å². The zero-order valence-corrected chi connectivity index (χ0v) is 24.0. The van der Waals surface area contributed by atoms with Crippen molar-refractivity contribution in [1.82, 2.24) is 5.32 Å². The van der Waals surface area contributed by atoms with E-state index in [-0.39, 0.29) is 34.2 Å². The van der Waals surface area contributed by atoms with Crippen molar-refractivity contribution in [1.29, 1.82) is 5.26 Å². The van der Waals surface area contributed by atoms with E-state index in [4.69, 9.17) is 33.7 Å². The average molecular weight is 622 g/mol. The Morgan fingerprint density at radius 2 is 2.00 bits per heavy atom. The largest absolute Gasteiger partial charge is 0.462 e. The van der Waals surface area contributed by atoms with Gasteiger partial charge in [0.1, 0.15) is 29.7 Å². The number of esters is 1. The Balaban J connectivity index is 1.91. The Labute approximate surface area is 252 Å². The number of halogens is 4. The van der Waals surface area contributed by atoms with E-state index in [0.717, 1.165) is 6.07 Å². The first-order chi connectivity index (χ1) is 20.0. The summed E-state index contributed by atoms with van der Waals surface area (Å²) >= 11 is 12.2. The molecule has 0 saturated carbocycles. The van der Waals surface area contributed by atoms with Crippen LogP contribution in [0.4, 0.5) is 8.78 Å². The molecule has 1 aliphatic heterocycles. The number of aliphatic hydroxyl groups excluding tert-OH is 2. The molecule has 0 aromatic heterocycles. The first kappa shape index (κ1) is 31.9. The minimum Gasteiger partial charge on any atom is -0.462 e. The second-order valence-electron chi connectivity index (χ2n) is 11.0. The van der Waals surface area contributed by atoms with Crippen LogP contribution in [-0.2, 0) is 19.7 Å². The summed E-state index contributed by atoms with van der Waals surface area (Å²) < 4.78 is 36.9. The van der Waals surface area contributed by atoms with E-state index in [2.05, 4.69) is 11.4 Å². The van der Waals surface area contributed by atoms with Crippen LogP contribution in [0.1, 0.15) is 49.1 Å². The van der Waals surface area contributed by atoms with Crippen LogP contribution in [0.15, 0.2) is 48.6 Å². The number of nitrogens with two attached hydrogens (primary N) is 1. The molecule has 5 N–H and O–H groups in total. The Kier molecular flexibility index (Phi) is 9.91. The van der Waals surface area contributed by atoms with Gasteiger partial charge < -0.3 is 20.7 Å². The third-order valence-electron chi connectivity index (χ3n) is 8.27. The quantitative estimate of drug-likeness (QED) is 0.231. The van der Waals surface area contributed by atoms with Crippen molar-refractivity contribution in [2.45, 2.75) is 61.6 Å². The second kappa shape index (κ2) is 13.1. The zero-order chi connectivity index (χ0) is 30.7. The van der Waals surface area contributed by atoms with E-state index in [0.29, 0.717) is 19.3 Å². The maximum absolute atomic E-state index is 15.8. The molecule has 1 heterocycles. The number of nitriles is 1. The summed E-state index contributed by atoms with van der Waals surface area (Å²) in [5, 5.41) is 34.5. The molecule has 8 nitrogen and oxygen atoms in total. The molecule has 1 aliphatic carbocycles. The molecule has 2 aromatic carbocycles. The Morgan fingerprint density at radius 1 is 1.24 bits per heavy atom. The van der Waals surface area contributed by atoms with Crippen LogP contribution in [0.5, 0.6) is 0 Å². The van der Waals surface area contributed by atoms with Gasteiger partial charge >= 0.3 is 5.97 Å². The number of hydrogen-bond acceptors (Lipinski definition) is 7. The van der Waals surface area contributed by atoms with Gasteiger partial charge in [0.2, 0.25) is 5.91 Å². The predicted octanol–water partition coefficient (Wildman–Crippen LogP) is 4.05. The van der Waals surface area contributed by atoms with Crippen molar-refractivity contribution in [3.63, 3.8) is 0 Å². The lowest BCUT2D eigenvalue weighted by Crippen LogP contribution is -2.47. The fourth-order valence-corrected chi connectivity index (χ4v) is 6.59. The molecule has 4 rings (SSSR count). The second-order valence-corrected chi connectivity index (χ2v) is 11.8. The van der Waals surface area contributed by atoms with E-state index in [1.54, 1.807) is 0 Å². The molecule has 2 aliphatic rings. The molecule has 12 heteroatoms. The molecule has 1 unspecified atom stereocenters. The number of allylic oxidation sites excluding steroid dienone is 2. The van der Waals surface area contributed by atoms with Crippen LogP contribution < -0.4 is 11.1 Å². The Hall–Kier alpha value is -3.07. The van der Waals surface area contributed by atoms with E-state index >= 15 is 8.78 Å². The first-order valence-corrected chi connectivity index (χ1v) is 14.2. The van der Waals surface area contributed by atoms with Crippen LogP contribution in [0, 0.1) is 28.4 Å². The summed E-state index contributed by atoms with van der Waals surface area (Å²) in [5.41, 5.74) is 2.22. The molecule has 1 saturated heterocycles. The summed E-state index contributed by atoms with van der Waals surface area (Å²) in [6.07, 6.45) is 3.86. The SMILES string of the molecule is N#C[C@]1(c2ccc(Cl)cc2F)[C@H](CC2(CO)CC=CCC2)N[C@@H](C(=O)OC[C@@H](O)CC(N)=O)[C@@H]1c1cccc(Cl)c1F. The van der Waals surface area contributed by atoms with E-state index in [9.17, 15) is 25.1 Å². The highest BCUT2D eigenvalue weighted by Gasteiger charge is 2.62. The van der Waals surface area contributed by atoms with Gasteiger partial charge in [-0.1, -0.05) is 53.6 Å². The number of rotatable bonds is 10. The van der Waals surface area contributed by atoms with Crippen molar-refractivity contribution in [3.05, 3.63) is 81.4 Å². The van der Waals surface area contributed by atoms with Crippen molar-refractivity contribution in [2.75, 3.05) is 13.2 Å². The lowest BCUT2D eigenvalue weighted by atomic mass is 9.61. The van der Waals surface area contributed by atoms with E-state index < -0.39 is 71.5 Å². The normalized spacial score (nSPS) is 27.8. The molecule has 1 amide bonds. The van der Waals surface area contributed by atoms with Gasteiger partial charge in [-0.15, -0.1) is 0 Å². The lowest BCUT2D eigenvalue weighted by molar-refractivity contribution is -0.150. The third-order valence-corrected chi connectivity index (χ3v) is 8.80. The first-order valence-electron chi connectivity index (χ1n) is 13.4. The van der Waals surface area contributed by atoms with Gasteiger partial charge in [0.25, 0.3) is 0 Å². The van der Waals surface area contributed by atoms with Gasteiger partial charge in [-0.2, -0.15) is 5.26 Å². The van der Waals surface area contributed by atoms with Gasteiger partial charge in [-0.05, 0) is 54.9 Å². The van der Waals surface area contributed by atoms with Gasteiger partial charge in [-0.25, -0.2) is 8.78 Å². The van der Waals surface area contributed by atoms with E-state index in [1.165, 1.54) is 30.3 Å². The lowest BCUT2D eigenvalue weighted by Gasteiger charge is -2.41. The van der Waals surface area contributed by atoms with Crippen molar-refractivity contribution >= 4 is 35.1 Å². The number of primary amides is 1. The van der Waals surface area contributed by atoms with Gasteiger partial charge in [0, 0.05) is 29.2 Å². The zero-order valence-electron chi connectivity index (χ0n) is 22.5. The van der Waals surface area contributed by atoms with Gasteiger partial charge in [0.05, 0.1) is 23.6 Å². The number of nitrogens with zero attached hydrogens (tertiary/aromatic N) is 1. The molecular formula is C30H31Cl2F2N3O5. The third kappa shape index (κ3) is 6.17. The number of aliphatic hydroxyl groups is 2. The number of carbonyl (C=O) groups excluding carboxylic acids is 2. The molecular weight excluding hydrogens is 591 g/mol. The number of hydrogen-bond donors (Lipinski definition) is 4. The number of ether oxygens (including phenoxy) is 1. The molecule has 0 spiro atoms. The summed E-state index contributed by atoms with van der Waals surface area (Å²) in [7, 11) is 0. The number of carbonyl (C=O) groups is 2. The van der Waals surface area contributed by atoms with Crippen molar-refractivity contribution < 1.29 is 33.3 Å². The van der Waals surface area contributed by atoms with Gasteiger partial charge in [-0.3, -0.25) is 14.9 Å². The molecule has 0 bridgehead atoms. The Bertz CT molecular complexity index is 1420. The standard InChI is InChI=1S/C30H31Cl2F2N3O5/c31-17-7-8-20(22(33)11-17)30(15-35)23(13-29(16-38)9-2-1-3-10-29)37-27(28(41)42-14-18(39)12-24(36)40)25(30)19-5-4-6-21(32)26(19)34/h1-2,4-8,11,18,23,25,27,37-39H,3,9-10,12-14,16H2,(H2,36,40)/t18-,23-,25-,27+,29?,30-/m0/s1. The van der Waals surface area contributed by atoms with Crippen molar-refractivity contribution in [2.24, 2.45) is 11.1 Å². The monoisotopic (exact) mass is 621 g/mol. The highest BCUT2D eigenvalue weighted by Crippen LogP contribution is 2.54. The summed E-state index contributed by atoms with van der Waals surface area (Å²) in [5.74, 6) is -4.90. The molecule has 2 aromatic rings. The molecule has 6 atom stereocenters. The fourth-order valence-electron chi connectivity index (χ4n) is 6.25. The average Bonchev–Trinajstić information content (AvgIpc) is 3.27. The highest BCUT2D eigenvalue weighted by atomic mass is 35.5. The molecule has 1 fully saturated rings. The van der Waals surface area contributed by atoms with Crippen LogP contribution in [0.3, 0.4) is 0 Å². The number of amides is 1. The van der Waals surface area contributed by atoms with Gasteiger partial charge in [0.15, 0.2) is 0 Å². The molecule has 0 radical (unpaired) electrons. The topological polar surface area (TPSA) is 146 Å². The summed E-state index contributed by atoms with van der Waals surface area (Å²) in [6, 6.07) is 7.71. The minimum absolute atomic E-state index is 0.0703. The summed E-state index contributed by atoms with van der Waals surface area (Å²) in [6.45, 7) is -0.847. The molecule has 224 valence electrons. The predicted molar refractivity (Wildman–Crippen MR) is 151 cm³/mol. The molecule has 42 heavy (non-hydrogen) atoms. The van der Waals surface area contributed by atoms with Crippen LogP contribution in [0.2, 0.25) is 10.0 Å². The Morgan fingerprint density at radius 3 is 2.62 bits per heavy atom. The van der Waals surface area contributed by atoms with Crippen LogP contribution >= 0.6 is 23.2 Å². The smallest absolute Gasteiger partial charge is 0.323 e. The number of benzene rings is 2. The maximum Gasteiger partial charge on any atom is 0.323 e. The van der Waals surface area contributed by atoms with Crippen molar-refractivity contribution in [3.8, 4) is 6.07 Å². The fraction of sp³-hybridized carbons (Fsp3) is 0.433. The minimum atomic E-state index is -1.92. The van der Waals surface area contributed by atoms with E-state index in [1.807, 2.05) is 12.2 Å². The highest BCUT2D eigenvalue weighted by molar-refractivity contribution is 6.31. The summed E-state index contributed by atoms with van der Waals surface area (Å²) in [4.78, 5) is 24.8. The van der Waals surface area contributed by atoms with Crippen LogP contribution in [-0.4, -0.2) is 53.5 Å².